The van der Waals surface area contributed by atoms with E-state index in [0.29, 0.717) is 22.3 Å². The number of nitrogens with one attached hydrogen (secondary N) is 1. The molecule has 1 amide bonds. The van der Waals surface area contributed by atoms with E-state index in [4.69, 9.17) is 23.2 Å². The zero-order chi connectivity index (χ0) is 15.2. The number of amides is 1. The SMILES string of the molecule is CN(Cc1ccccc1)C(=O)CNc1c(Cl)cccc1Cl. The minimum absolute atomic E-state index is 0.0326. The predicted molar refractivity (Wildman–Crippen MR) is 87.9 cm³/mol. The molecule has 2 rings (SSSR count). The van der Waals surface area contributed by atoms with Crippen LogP contribution < -0.4 is 5.32 Å². The lowest BCUT2D eigenvalue weighted by Crippen LogP contribution is -2.31. The molecule has 0 aliphatic carbocycles. The molecule has 0 saturated carbocycles. The Balaban J connectivity index is 1.92. The van der Waals surface area contributed by atoms with Crippen LogP contribution in [0.5, 0.6) is 0 Å². The smallest absolute Gasteiger partial charge is 0.241 e. The highest BCUT2D eigenvalue weighted by atomic mass is 35.5. The van der Waals surface area contributed by atoms with Crippen LogP contribution in [0.25, 0.3) is 0 Å². The Morgan fingerprint density at radius 2 is 1.67 bits per heavy atom. The fourth-order valence-corrected chi connectivity index (χ4v) is 2.44. The van der Waals surface area contributed by atoms with Gasteiger partial charge in [-0.05, 0) is 17.7 Å². The van der Waals surface area contributed by atoms with Crippen molar-refractivity contribution in [2.45, 2.75) is 6.54 Å². The standard InChI is InChI=1S/C16H16Cl2N2O/c1-20(11-12-6-3-2-4-7-12)15(21)10-19-16-13(17)8-5-9-14(16)18/h2-9,19H,10-11H2,1H3. The quantitative estimate of drug-likeness (QED) is 0.900. The largest absolute Gasteiger partial charge is 0.374 e. The Morgan fingerprint density at radius 1 is 1.05 bits per heavy atom. The van der Waals surface area contributed by atoms with Crippen LogP contribution in [0, 0.1) is 0 Å². The Kier molecular flexibility index (Phi) is 5.48. The number of carbonyl (C=O) groups is 1. The topological polar surface area (TPSA) is 32.3 Å². The van der Waals surface area contributed by atoms with Gasteiger partial charge in [0.15, 0.2) is 0 Å². The summed E-state index contributed by atoms with van der Waals surface area (Å²) in [5.41, 5.74) is 1.67. The fraction of sp³-hybridized carbons (Fsp3) is 0.188. The van der Waals surface area contributed by atoms with Crippen LogP contribution in [0.1, 0.15) is 5.56 Å². The van der Waals surface area contributed by atoms with Crippen LogP contribution in [0.15, 0.2) is 48.5 Å². The van der Waals surface area contributed by atoms with E-state index >= 15 is 0 Å². The van der Waals surface area contributed by atoms with Crippen LogP contribution >= 0.6 is 23.2 Å². The number of likely N-dealkylation sites (N-methyl/N-ethyl adjacent to an activating group) is 1. The summed E-state index contributed by atoms with van der Waals surface area (Å²) in [5.74, 6) is -0.0326. The summed E-state index contributed by atoms with van der Waals surface area (Å²) < 4.78 is 0. The van der Waals surface area contributed by atoms with Gasteiger partial charge in [0, 0.05) is 13.6 Å². The van der Waals surface area contributed by atoms with Crippen molar-refractivity contribution in [1.82, 2.24) is 4.90 Å². The predicted octanol–water partition coefficient (Wildman–Crippen LogP) is 4.06. The highest BCUT2D eigenvalue weighted by Crippen LogP contribution is 2.29. The molecule has 110 valence electrons. The molecule has 5 heteroatoms. The second-order valence-corrected chi connectivity index (χ2v) is 5.50. The zero-order valence-corrected chi connectivity index (χ0v) is 13.2. The minimum atomic E-state index is -0.0326. The number of rotatable bonds is 5. The second kappa shape index (κ2) is 7.34. The molecular formula is C16H16Cl2N2O. The van der Waals surface area contributed by atoms with E-state index in [1.807, 2.05) is 30.3 Å². The van der Waals surface area contributed by atoms with Gasteiger partial charge >= 0.3 is 0 Å². The summed E-state index contributed by atoms with van der Waals surface area (Å²) in [5, 5.41) is 3.99. The Hall–Kier alpha value is -1.71. The summed E-state index contributed by atoms with van der Waals surface area (Å²) in [6.45, 7) is 0.713. The third-order valence-electron chi connectivity index (χ3n) is 3.07. The first-order valence-electron chi connectivity index (χ1n) is 6.53. The number of carbonyl (C=O) groups excluding carboxylic acids is 1. The lowest BCUT2D eigenvalue weighted by molar-refractivity contribution is -0.128. The molecule has 2 aromatic rings. The van der Waals surface area contributed by atoms with Crippen molar-refractivity contribution >= 4 is 34.8 Å². The highest BCUT2D eigenvalue weighted by molar-refractivity contribution is 6.39. The fourth-order valence-electron chi connectivity index (χ4n) is 1.91. The van der Waals surface area contributed by atoms with Crippen molar-refractivity contribution in [3.8, 4) is 0 Å². The average molecular weight is 323 g/mol. The molecular weight excluding hydrogens is 307 g/mol. The maximum absolute atomic E-state index is 12.1. The normalized spacial score (nSPS) is 10.2. The zero-order valence-electron chi connectivity index (χ0n) is 11.6. The maximum atomic E-state index is 12.1. The molecule has 0 aliphatic rings. The van der Waals surface area contributed by atoms with Gasteiger partial charge in [-0.15, -0.1) is 0 Å². The van der Waals surface area contributed by atoms with Crippen molar-refractivity contribution in [2.24, 2.45) is 0 Å². The van der Waals surface area contributed by atoms with Crippen molar-refractivity contribution in [3.63, 3.8) is 0 Å². The van der Waals surface area contributed by atoms with E-state index in [2.05, 4.69) is 5.32 Å². The number of nitrogens with zero attached hydrogens (tertiary/aromatic N) is 1. The Bertz CT molecular complexity index is 597. The van der Waals surface area contributed by atoms with Crippen LogP contribution in [0.3, 0.4) is 0 Å². The van der Waals surface area contributed by atoms with E-state index in [1.165, 1.54) is 0 Å². The number of para-hydroxylation sites is 1. The maximum Gasteiger partial charge on any atom is 0.241 e. The van der Waals surface area contributed by atoms with E-state index in [9.17, 15) is 4.79 Å². The van der Waals surface area contributed by atoms with Gasteiger partial charge in [0.2, 0.25) is 5.91 Å². The first-order chi connectivity index (χ1) is 10.1. The van der Waals surface area contributed by atoms with Crippen molar-refractivity contribution in [1.29, 1.82) is 0 Å². The van der Waals surface area contributed by atoms with Crippen molar-refractivity contribution in [3.05, 3.63) is 64.1 Å². The van der Waals surface area contributed by atoms with Gasteiger partial charge in [-0.2, -0.15) is 0 Å². The molecule has 0 radical (unpaired) electrons. The van der Waals surface area contributed by atoms with E-state index in [-0.39, 0.29) is 12.5 Å². The lowest BCUT2D eigenvalue weighted by Gasteiger charge is -2.18. The van der Waals surface area contributed by atoms with Gasteiger partial charge in [0.1, 0.15) is 0 Å². The van der Waals surface area contributed by atoms with E-state index in [1.54, 1.807) is 30.1 Å². The molecule has 21 heavy (non-hydrogen) atoms. The van der Waals surface area contributed by atoms with Crippen LogP contribution in [0.4, 0.5) is 5.69 Å². The van der Waals surface area contributed by atoms with Crippen LogP contribution in [-0.2, 0) is 11.3 Å². The first kappa shape index (κ1) is 15.7. The molecule has 1 N–H and O–H groups in total. The van der Waals surface area contributed by atoms with Gasteiger partial charge in [-0.3, -0.25) is 4.79 Å². The number of hydrogen-bond acceptors (Lipinski definition) is 2. The van der Waals surface area contributed by atoms with E-state index < -0.39 is 0 Å². The number of halogens is 2. The lowest BCUT2D eigenvalue weighted by atomic mass is 10.2. The number of benzene rings is 2. The molecule has 0 bridgehead atoms. The molecule has 0 fully saturated rings. The molecule has 0 spiro atoms. The summed E-state index contributed by atoms with van der Waals surface area (Å²) in [6.07, 6.45) is 0. The molecule has 0 saturated heterocycles. The summed E-state index contributed by atoms with van der Waals surface area (Å²) in [6, 6.07) is 15.1. The third-order valence-corrected chi connectivity index (χ3v) is 3.70. The number of anilines is 1. The summed E-state index contributed by atoms with van der Waals surface area (Å²) >= 11 is 12.1. The molecule has 3 nitrogen and oxygen atoms in total. The second-order valence-electron chi connectivity index (χ2n) is 4.69. The monoisotopic (exact) mass is 322 g/mol. The first-order valence-corrected chi connectivity index (χ1v) is 7.29. The Labute approximate surface area is 134 Å². The van der Waals surface area contributed by atoms with Crippen molar-refractivity contribution < 1.29 is 4.79 Å². The van der Waals surface area contributed by atoms with Gasteiger partial charge in [-0.25, -0.2) is 0 Å². The molecule has 2 aromatic carbocycles. The molecule has 0 aromatic heterocycles. The molecule has 0 atom stereocenters. The highest BCUT2D eigenvalue weighted by Gasteiger charge is 2.11. The number of hydrogen-bond donors (Lipinski definition) is 1. The molecule has 0 unspecified atom stereocenters. The minimum Gasteiger partial charge on any atom is -0.374 e. The summed E-state index contributed by atoms with van der Waals surface area (Å²) in [4.78, 5) is 13.8. The van der Waals surface area contributed by atoms with Gasteiger partial charge in [0.25, 0.3) is 0 Å². The van der Waals surface area contributed by atoms with Crippen LogP contribution in [-0.4, -0.2) is 24.4 Å². The van der Waals surface area contributed by atoms with Crippen molar-refractivity contribution in [2.75, 3.05) is 18.9 Å². The van der Waals surface area contributed by atoms with Crippen LogP contribution in [0.2, 0.25) is 10.0 Å². The van der Waals surface area contributed by atoms with E-state index in [0.717, 1.165) is 5.56 Å². The third kappa shape index (κ3) is 4.38. The summed E-state index contributed by atoms with van der Waals surface area (Å²) in [7, 11) is 1.77. The van der Waals surface area contributed by atoms with Gasteiger partial charge in [0.05, 0.1) is 22.3 Å². The average Bonchev–Trinajstić information content (AvgIpc) is 2.47. The molecule has 0 heterocycles. The van der Waals surface area contributed by atoms with Gasteiger partial charge in [-0.1, -0.05) is 59.6 Å². The van der Waals surface area contributed by atoms with Gasteiger partial charge < -0.3 is 10.2 Å². The Morgan fingerprint density at radius 3 is 2.29 bits per heavy atom. The molecule has 0 aliphatic heterocycles.